The molecule has 134 valence electrons. The highest BCUT2D eigenvalue weighted by molar-refractivity contribution is 5.85. The van der Waals surface area contributed by atoms with Crippen LogP contribution in [0.2, 0.25) is 0 Å². The average molecular weight is 355 g/mol. The van der Waals surface area contributed by atoms with Crippen molar-refractivity contribution in [2.24, 2.45) is 5.73 Å². The number of nitrogens with one attached hydrogen (secondary N) is 3. The average Bonchev–Trinajstić information content (AvgIpc) is 2.92. The van der Waals surface area contributed by atoms with Crippen LogP contribution in [-0.4, -0.2) is 28.0 Å². The molecular formula is C17H27ClN4O2. The molecule has 0 saturated heterocycles. The molecule has 5 N–H and O–H groups in total. The molecule has 0 atom stereocenters. The van der Waals surface area contributed by atoms with E-state index in [0.717, 1.165) is 42.3 Å². The van der Waals surface area contributed by atoms with Crippen molar-refractivity contribution >= 4 is 29.3 Å². The van der Waals surface area contributed by atoms with Crippen LogP contribution in [0.5, 0.6) is 0 Å². The number of H-pyrrole nitrogens is 2. The van der Waals surface area contributed by atoms with E-state index in [0.29, 0.717) is 13.0 Å². The number of imidazole rings is 1. The molecule has 0 aliphatic rings. The number of hydrogen-bond acceptors (Lipinski definition) is 3. The number of halogens is 1. The minimum atomic E-state index is -0.305. The van der Waals surface area contributed by atoms with E-state index < -0.39 is 0 Å². The van der Waals surface area contributed by atoms with E-state index in [1.54, 1.807) is 0 Å². The van der Waals surface area contributed by atoms with Crippen molar-refractivity contribution in [1.29, 1.82) is 0 Å². The maximum absolute atomic E-state index is 11.9. The van der Waals surface area contributed by atoms with Crippen molar-refractivity contribution < 1.29 is 4.79 Å². The number of aromatic nitrogens is 2. The van der Waals surface area contributed by atoms with Gasteiger partial charge in [0.15, 0.2) is 0 Å². The molecule has 1 heterocycles. The molecule has 1 amide bonds. The van der Waals surface area contributed by atoms with Crippen molar-refractivity contribution in [3.05, 3.63) is 34.2 Å². The fourth-order valence-corrected chi connectivity index (χ4v) is 2.55. The minimum absolute atomic E-state index is 0. The number of carbonyl (C=O) groups is 1. The van der Waals surface area contributed by atoms with Crippen LogP contribution in [-0.2, 0) is 11.2 Å². The van der Waals surface area contributed by atoms with Crippen LogP contribution in [0, 0.1) is 0 Å². The Balaban J connectivity index is 0.00000288. The summed E-state index contributed by atoms with van der Waals surface area (Å²) < 4.78 is 0. The number of hydrogen-bond donors (Lipinski definition) is 4. The second-order valence-corrected chi connectivity index (χ2v) is 6.16. The van der Waals surface area contributed by atoms with E-state index in [-0.39, 0.29) is 29.5 Å². The Labute approximate surface area is 148 Å². The number of rotatable bonds is 8. The van der Waals surface area contributed by atoms with Gasteiger partial charge in [0.1, 0.15) is 0 Å². The van der Waals surface area contributed by atoms with Gasteiger partial charge in [-0.1, -0.05) is 19.9 Å². The Bertz CT molecular complexity index is 719. The zero-order chi connectivity index (χ0) is 16.9. The Morgan fingerprint density at radius 1 is 1.21 bits per heavy atom. The van der Waals surface area contributed by atoms with Gasteiger partial charge in [0.25, 0.3) is 0 Å². The molecule has 0 radical (unpaired) electrons. The van der Waals surface area contributed by atoms with E-state index in [1.165, 1.54) is 0 Å². The predicted octanol–water partition coefficient (Wildman–Crippen LogP) is 2.23. The minimum Gasteiger partial charge on any atom is -0.354 e. The molecule has 0 saturated carbocycles. The Morgan fingerprint density at radius 3 is 2.54 bits per heavy atom. The van der Waals surface area contributed by atoms with Gasteiger partial charge < -0.3 is 21.0 Å². The molecule has 1 aromatic carbocycles. The zero-order valence-electron chi connectivity index (χ0n) is 14.3. The largest absolute Gasteiger partial charge is 0.354 e. The molecule has 7 heteroatoms. The Kier molecular flexibility index (Phi) is 7.51. The quantitative estimate of drug-likeness (QED) is 0.584. The lowest BCUT2D eigenvalue weighted by molar-refractivity contribution is -0.121. The van der Waals surface area contributed by atoms with Crippen LogP contribution in [0.3, 0.4) is 0 Å². The standard InChI is InChI=1S/C17H26N4O2.ClH/c1-3-17(18,4-2)11-19-15(22)7-5-6-12-8-9-13-14(10-12)21-16(23)20-13;/h8-10H,3-7,11,18H2,1-2H3,(H,19,22)(H2,20,21,23);1H. The number of nitrogens with two attached hydrogens (primary N) is 1. The first-order chi connectivity index (χ1) is 11.0. The zero-order valence-corrected chi connectivity index (χ0v) is 15.1. The van der Waals surface area contributed by atoms with Gasteiger partial charge >= 0.3 is 5.69 Å². The molecule has 0 aliphatic heterocycles. The summed E-state index contributed by atoms with van der Waals surface area (Å²) in [6, 6.07) is 5.81. The molecule has 0 spiro atoms. The molecule has 2 rings (SSSR count). The second-order valence-electron chi connectivity index (χ2n) is 6.16. The van der Waals surface area contributed by atoms with Crippen molar-refractivity contribution in [2.45, 2.75) is 51.5 Å². The first kappa shape index (κ1) is 20.3. The molecule has 2 aromatic rings. The predicted molar refractivity (Wildman–Crippen MR) is 99.6 cm³/mol. The van der Waals surface area contributed by atoms with Gasteiger partial charge in [-0.3, -0.25) is 4.79 Å². The number of fused-ring (bicyclic) bond motifs is 1. The Hall–Kier alpha value is -1.79. The summed E-state index contributed by atoms with van der Waals surface area (Å²) >= 11 is 0. The monoisotopic (exact) mass is 354 g/mol. The van der Waals surface area contributed by atoms with E-state index in [1.807, 2.05) is 32.0 Å². The van der Waals surface area contributed by atoms with Crippen molar-refractivity contribution in [1.82, 2.24) is 15.3 Å². The summed E-state index contributed by atoms with van der Waals surface area (Å²) in [6.45, 7) is 4.60. The molecule has 1 aromatic heterocycles. The van der Waals surface area contributed by atoms with Crippen molar-refractivity contribution in [2.75, 3.05) is 6.54 Å². The van der Waals surface area contributed by atoms with Gasteiger partial charge in [-0.05, 0) is 43.4 Å². The third-order valence-electron chi connectivity index (χ3n) is 4.50. The SMILES string of the molecule is CCC(N)(CC)CNC(=O)CCCc1ccc2[nH]c(=O)[nH]c2c1.Cl. The first-order valence-corrected chi connectivity index (χ1v) is 8.22. The summed E-state index contributed by atoms with van der Waals surface area (Å²) in [5.74, 6) is 0.0397. The fourth-order valence-electron chi connectivity index (χ4n) is 2.55. The summed E-state index contributed by atoms with van der Waals surface area (Å²) in [5, 5.41) is 2.93. The summed E-state index contributed by atoms with van der Waals surface area (Å²) in [4.78, 5) is 28.6. The fraction of sp³-hybridized carbons (Fsp3) is 0.529. The van der Waals surface area contributed by atoms with E-state index >= 15 is 0 Å². The molecule has 6 nitrogen and oxygen atoms in total. The van der Waals surface area contributed by atoms with Crippen LogP contribution in [0.25, 0.3) is 11.0 Å². The summed E-state index contributed by atoms with van der Waals surface area (Å²) in [5.41, 5.74) is 8.38. The maximum atomic E-state index is 11.9. The van der Waals surface area contributed by atoms with Gasteiger partial charge in [0.05, 0.1) is 11.0 Å². The van der Waals surface area contributed by atoms with Gasteiger partial charge in [-0.2, -0.15) is 0 Å². The van der Waals surface area contributed by atoms with Crippen LogP contribution in [0.1, 0.15) is 45.1 Å². The second kappa shape index (κ2) is 8.89. The lowest BCUT2D eigenvalue weighted by atomic mass is 9.94. The van der Waals surface area contributed by atoms with E-state index in [2.05, 4.69) is 15.3 Å². The number of amides is 1. The number of carbonyl (C=O) groups excluding carboxylic acids is 1. The van der Waals surface area contributed by atoms with Gasteiger partial charge in [0, 0.05) is 18.5 Å². The topological polar surface area (TPSA) is 104 Å². The molecule has 0 fully saturated rings. The molecule has 24 heavy (non-hydrogen) atoms. The highest BCUT2D eigenvalue weighted by Crippen LogP contribution is 2.13. The molecular weight excluding hydrogens is 328 g/mol. The normalized spacial score (nSPS) is 11.3. The molecule has 0 unspecified atom stereocenters. The lowest BCUT2D eigenvalue weighted by Gasteiger charge is -2.26. The first-order valence-electron chi connectivity index (χ1n) is 8.22. The highest BCUT2D eigenvalue weighted by Gasteiger charge is 2.20. The number of benzene rings is 1. The third kappa shape index (κ3) is 5.39. The third-order valence-corrected chi connectivity index (χ3v) is 4.50. The van der Waals surface area contributed by atoms with Crippen LogP contribution < -0.4 is 16.7 Å². The summed E-state index contributed by atoms with van der Waals surface area (Å²) in [6.07, 6.45) is 3.73. The van der Waals surface area contributed by atoms with Crippen molar-refractivity contribution in [3.8, 4) is 0 Å². The van der Waals surface area contributed by atoms with Gasteiger partial charge in [-0.15, -0.1) is 12.4 Å². The van der Waals surface area contributed by atoms with E-state index in [4.69, 9.17) is 5.73 Å². The smallest absolute Gasteiger partial charge is 0.323 e. The highest BCUT2D eigenvalue weighted by atomic mass is 35.5. The van der Waals surface area contributed by atoms with Gasteiger partial charge in [0.2, 0.25) is 5.91 Å². The molecule has 0 bridgehead atoms. The summed E-state index contributed by atoms with van der Waals surface area (Å²) in [7, 11) is 0. The number of aromatic amines is 2. The van der Waals surface area contributed by atoms with Gasteiger partial charge in [-0.25, -0.2) is 4.79 Å². The molecule has 0 aliphatic carbocycles. The maximum Gasteiger partial charge on any atom is 0.323 e. The lowest BCUT2D eigenvalue weighted by Crippen LogP contribution is -2.49. The van der Waals surface area contributed by atoms with Crippen LogP contribution >= 0.6 is 12.4 Å². The number of aryl methyl sites for hydroxylation is 1. The van der Waals surface area contributed by atoms with Crippen LogP contribution in [0.15, 0.2) is 23.0 Å². The van der Waals surface area contributed by atoms with Crippen molar-refractivity contribution in [3.63, 3.8) is 0 Å². The van der Waals surface area contributed by atoms with Crippen LogP contribution in [0.4, 0.5) is 0 Å². The Morgan fingerprint density at radius 2 is 1.88 bits per heavy atom. The van der Waals surface area contributed by atoms with E-state index in [9.17, 15) is 9.59 Å².